The fraction of sp³-hybridized carbons (Fsp3) is 0. The molecule has 0 heterocycles. The van der Waals surface area contributed by atoms with E-state index in [0.29, 0.717) is 0 Å². The molecular formula is C14H9ClFNO4. The minimum atomic E-state index is -1.22. The minimum Gasteiger partial charge on any atom is -0.506 e. The van der Waals surface area contributed by atoms with E-state index in [1.165, 1.54) is 24.3 Å². The van der Waals surface area contributed by atoms with Crippen molar-refractivity contribution in [1.82, 2.24) is 0 Å². The molecule has 1 amide bonds. The molecule has 108 valence electrons. The number of carbonyl (C=O) groups is 2. The van der Waals surface area contributed by atoms with Crippen LogP contribution >= 0.6 is 11.6 Å². The van der Waals surface area contributed by atoms with Gasteiger partial charge in [0.2, 0.25) is 0 Å². The number of hydrogen-bond acceptors (Lipinski definition) is 3. The van der Waals surface area contributed by atoms with Crippen LogP contribution in [0.3, 0.4) is 0 Å². The molecule has 0 aromatic heterocycles. The van der Waals surface area contributed by atoms with Gasteiger partial charge in [-0.05, 0) is 30.3 Å². The summed E-state index contributed by atoms with van der Waals surface area (Å²) in [4.78, 5) is 22.8. The van der Waals surface area contributed by atoms with Gasteiger partial charge in [-0.15, -0.1) is 0 Å². The number of halogens is 2. The van der Waals surface area contributed by atoms with Gasteiger partial charge in [0.1, 0.15) is 5.75 Å². The van der Waals surface area contributed by atoms with Crippen LogP contribution in [0, 0.1) is 5.82 Å². The van der Waals surface area contributed by atoms with Crippen LogP contribution in [-0.2, 0) is 0 Å². The van der Waals surface area contributed by atoms with E-state index in [2.05, 4.69) is 5.32 Å². The lowest BCUT2D eigenvalue weighted by molar-refractivity contribution is 0.0696. The molecule has 2 rings (SSSR count). The van der Waals surface area contributed by atoms with E-state index in [1.807, 2.05) is 0 Å². The SMILES string of the molecule is O=C(O)c1ccc(O)c(NC(=O)c2cccc(Cl)c2F)c1. The zero-order valence-corrected chi connectivity index (χ0v) is 11.2. The van der Waals surface area contributed by atoms with E-state index >= 15 is 0 Å². The van der Waals surface area contributed by atoms with Crippen molar-refractivity contribution < 1.29 is 24.2 Å². The molecule has 0 unspecified atom stereocenters. The van der Waals surface area contributed by atoms with Gasteiger partial charge in [-0.2, -0.15) is 0 Å². The van der Waals surface area contributed by atoms with Crippen LogP contribution in [0.2, 0.25) is 5.02 Å². The third-order valence-corrected chi connectivity index (χ3v) is 2.98. The van der Waals surface area contributed by atoms with E-state index in [9.17, 15) is 19.1 Å². The molecular weight excluding hydrogens is 301 g/mol. The first-order chi connectivity index (χ1) is 9.90. The molecule has 0 aliphatic heterocycles. The highest BCUT2D eigenvalue weighted by Gasteiger charge is 2.16. The summed E-state index contributed by atoms with van der Waals surface area (Å²) >= 11 is 5.58. The van der Waals surface area contributed by atoms with Gasteiger partial charge >= 0.3 is 5.97 Å². The Morgan fingerprint density at radius 3 is 2.57 bits per heavy atom. The molecule has 0 radical (unpaired) electrons. The van der Waals surface area contributed by atoms with Crippen LogP contribution in [0.15, 0.2) is 36.4 Å². The zero-order chi connectivity index (χ0) is 15.6. The smallest absolute Gasteiger partial charge is 0.335 e. The average molecular weight is 310 g/mol. The molecule has 3 N–H and O–H groups in total. The molecule has 0 fully saturated rings. The Morgan fingerprint density at radius 2 is 1.90 bits per heavy atom. The molecule has 5 nitrogen and oxygen atoms in total. The Balaban J connectivity index is 2.33. The van der Waals surface area contributed by atoms with E-state index in [-0.39, 0.29) is 27.6 Å². The van der Waals surface area contributed by atoms with Crippen molar-refractivity contribution in [2.45, 2.75) is 0 Å². The summed E-state index contributed by atoms with van der Waals surface area (Å²) in [5, 5.41) is 20.5. The van der Waals surface area contributed by atoms with Crippen molar-refractivity contribution in [3.05, 3.63) is 58.4 Å². The molecule has 0 saturated heterocycles. The first kappa shape index (κ1) is 14.8. The molecule has 0 aliphatic rings. The number of carboxylic acids is 1. The highest BCUT2D eigenvalue weighted by atomic mass is 35.5. The Labute approximate surface area is 123 Å². The lowest BCUT2D eigenvalue weighted by atomic mass is 10.1. The number of rotatable bonds is 3. The van der Waals surface area contributed by atoms with E-state index < -0.39 is 17.7 Å². The van der Waals surface area contributed by atoms with E-state index in [1.54, 1.807) is 0 Å². The molecule has 2 aromatic carbocycles. The summed E-state index contributed by atoms with van der Waals surface area (Å²) in [6.45, 7) is 0. The standard InChI is InChI=1S/C14H9ClFNO4/c15-9-3-1-2-8(12(9)16)13(19)17-10-6-7(14(20)21)4-5-11(10)18/h1-6,18H,(H,17,19)(H,20,21). The predicted molar refractivity (Wildman–Crippen MR) is 74.4 cm³/mol. The Kier molecular flexibility index (Phi) is 4.09. The van der Waals surface area contributed by atoms with E-state index in [4.69, 9.17) is 16.7 Å². The summed E-state index contributed by atoms with van der Waals surface area (Å²) in [5.41, 5.74) is -0.587. The fourth-order valence-electron chi connectivity index (χ4n) is 1.64. The van der Waals surface area contributed by atoms with Crippen LogP contribution in [0.5, 0.6) is 5.75 Å². The quantitative estimate of drug-likeness (QED) is 0.760. The van der Waals surface area contributed by atoms with Crippen LogP contribution in [0.25, 0.3) is 0 Å². The Hall–Kier alpha value is -2.60. The van der Waals surface area contributed by atoms with Crippen molar-refractivity contribution in [2.24, 2.45) is 0 Å². The maximum Gasteiger partial charge on any atom is 0.335 e. The van der Waals surface area contributed by atoms with Gasteiger partial charge in [-0.3, -0.25) is 4.79 Å². The number of anilines is 1. The largest absolute Gasteiger partial charge is 0.506 e. The van der Waals surface area contributed by atoms with Crippen molar-refractivity contribution in [3.8, 4) is 5.75 Å². The normalized spacial score (nSPS) is 10.2. The van der Waals surface area contributed by atoms with Gasteiger partial charge in [0.25, 0.3) is 5.91 Å². The van der Waals surface area contributed by atoms with Gasteiger partial charge in [0.15, 0.2) is 5.82 Å². The van der Waals surface area contributed by atoms with Crippen molar-refractivity contribution in [1.29, 1.82) is 0 Å². The molecule has 2 aromatic rings. The van der Waals surface area contributed by atoms with Gasteiger partial charge in [-0.25, -0.2) is 9.18 Å². The molecule has 0 bridgehead atoms. The number of hydrogen-bond donors (Lipinski definition) is 3. The number of aromatic carboxylic acids is 1. The van der Waals surface area contributed by atoms with Crippen LogP contribution < -0.4 is 5.32 Å². The first-order valence-electron chi connectivity index (χ1n) is 5.72. The first-order valence-corrected chi connectivity index (χ1v) is 6.09. The Bertz CT molecular complexity index is 733. The second-order valence-electron chi connectivity index (χ2n) is 4.09. The van der Waals surface area contributed by atoms with Crippen molar-refractivity contribution in [2.75, 3.05) is 5.32 Å². The van der Waals surface area contributed by atoms with Crippen molar-refractivity contribution >= 4 is 29.2 Å². The minimum absolute atomic E-state index is 0.130. The third-order valence-electron chi connectivity index (χ3n) is 2.69. The van der Waals surface area contributed by atoms with Crippen LogP contribution in [0.1, 0.15) is 20.7 Å². The monoisotopic (exact) mass is 309 g/mol. The van der Waals surface area contributed by atoms with E-state index in [0.717, 1.165) is 12.1 Å². The predicted octanol–water partition coefficient (Wildman–Crippen LogP) is 3.14. The molecule has 0 saturated carbocycles. The number of carbonyl (C=O) groups excluding carboxylic acids is 1. The summed E-state index contributed by atoms with van der Waals surface area (Å²) in [6.07, 6.45) is 0. The van der Waals surface area contributed by atoms with Gasteiger partial charge in [0.05, 0.1) is 21.8 Å². The summed E-state index contributed by atoms with van der Waals surface area (Å²) < 4.78 is 13.7. The molecule has 0 atom stereocenters. The lowest BCUT2D eigenvalue weighted by Crippen LogP contribution is -2.14. The number of benzene rings is 2. The number of aromatic hydroxyl groups is 1. The number of phenolic OH excluding ortho intramolecular Hbond substituents is 1. The number of carboxylic acid groups (broad SMARTS) is 1. The van der Waals surface area contributed by atoms with Gasteiger partial charge in [-0.1, -0.05) is 17.7 Å². The molecule has 7 heteroatoms. The highest BCUT2D eigenvalue weighted by Crippen LogP contribution is 2.26. The lowest BCUT2D eigenvalue weighted by Gasteiger charge is -2.09. The van der Waals surface area contributed by atoms with Crippen LogP contribution in [-0.4, -0.2) is 22.1 Å². The number of phenols is 1. The number of amides is 1. The third kappa shape index (κ3) is 3.11. The van der Waals surface area contributed by atoms with Crippen LogP contribution in [0.4, 0.5) is 10.1 Å². The van der Waals surface area contributed by atoms with Crippen molar-refractivity contribution in [3.63, 3.8) is 0 Å². The maximum absolute atomic E-state index is 13.7. The average Bonchev–Trinajstić information content (AvgIpc) is 2.43. The number of nitrogens with one attached hydrogen (secondary N) is 1. The topological polar surface area (TPSA) is 86.6 Å². The molecule has 21 heavy (non-hydrogen) atoms. The summed E-state index contributed by atoms with van der Waals surface area (Å²) in [6, 6.07) is 7.26. The second-order valence-corrected chi connectivity index (χ2v) is 4.50. The second kappa shape index (κ2) is 5.80. The zero-order valence-electron chi connectivity index (χ0n) is 10.4. The molecule has 0 spiro atoms. The fourth-order valence-corrected chi connectivity index (χ4v) is 1.81. The maximum atomic E-state index is 13.7. The van der Waals surface area contributed by atoms with Gasteiger partial charge < -0.3 is 15.5 Å². The summed E-state index contributed by atoms with van der Waals surface area (Å²) in [5.74, 6) is -3.31. The highest BCUT2D eigenvalue weighted by molar-refractivity contribution is 6.31. The summed E-state index contributed by atoms with van der Waals surface area (Å²) in [7, 11) is 0. The Morgan fingerprint density at radius 1 is 1.19 bits per heavy atom. The molecule has 0 aliphatic carbocycles. The van der Waals surface area contributed by atoms with Gasteiger partial charge in [0, 0.05) is 0 Å².